The summed E-state index contributed by atoms with van der Waals surface area (Å²) in [5, 5.41) is 22.5. The minimum absolute atomic E-state index is 0.0507. The number of nitriles is 1. The number of halogens is 3. The van der Waals surface area contributed by atoms with Crippen LogP contribution in [0.1, 0.15) is 18.9 Å². The van der Waals surface area contributed by atoms with E-state index in [2.05, 4.69) is 26.3 Å². The molecule has 254 valence electrons. The second-order valence-electron chi connectivity index (χ2n) is 11.9. The summed E-state index contributed by atoms with van der Waals surface area (Å²) in [6.07, 6.45) is -1.88. The van der Waals surface area contributed by atoms with Gasteiger partial charge in [-0.05, 0) is 43.3 Å². The van der Waals surface area contributed by atoms with Crippen molar-refractivity contribution >= 4 is 23.1 Å². The molecule has 48 heavy (non-hydrogen) atoms. The number of aromatic nitrogens is 2. The van der Waals surface area contributed by atoms with Crippen LogP contribution in [-0.2, 0) is 9.53 Å². The number of amides is 1. The Hall–Kier alpha value is -4.65. The quantitative estimate of drug-likeness (QED) is 0.329. The largest absolute Gasteiger partial charge is 0.486 e. The van der Waals surface area contributed by atoms with Crippen molar-refractivity contribution in [2.75, 3.05) is 62.7 Å². The number of alkyl halides is 3. The third-order valence-electron chi connectivity index (χ3n) is 8.68. The van der Waals surface area contributed by atoms with Crippen molar-refractivity contribution in [2.45, 2.75) is 44.4 Å². The molecule has 0 bridgehead atoms. The first-order chi connectivity index (χ1) is 23.2. The molecule has 0 unspecified atom stereocenters. The first kappa shape index (κ1) is 33.3. The van der Waals surface area contributed by atoms with Crippen molar-refractivity contribution < 1.29 is 37.3 Å². The normalized spacial score (nSPS) is 20.9. The van der Waals surface area contributed by atoms with E-state index in [0.717, 1.165) is 26.3 Å². The highest BCUT2D eigenvalue weighted by Gasteiger charge is 2.35. The van der Waals surface area contributed by atoms with E-state index in [0.29, 0.717) is 41.9 Å². The van der Waals surface area contributed by atoms with Crippen molar-refractivity contribution in [2.24, 2.45) is 0 Å². The van der Waals surface area contributed by atoms with Crippen LogP contribution in [0.4, 0.5) is 30.4 Å². The fourth-order valence-corrected chi connectivity index (χ4v) is 6.02. The molecule has 0 radical (unpaired) electrons. The predicted molar refractivity (Wildman–Crippen MR) is 169 cm³/mol. The van der Waals surface area contributed by atoms with Gasteiger partial charge in [0.25, 0.3) is 5.91 Å². The van der Waals surface area contributed by atoms with E-state index in [1.807, 2.05) is 4.90 Å². The zero-order chi connectivity index (χ0) is 33.8. The molecule has 2 N–H and O–H groups in total. The molecule has 3 aromatic rings. The maximum atomic E-state index is 14.9. The number of aliphatic hydroxyl groups excluding tert-OH is 1. The van der Waals surface area contributed by atoms with Gasteiger partial charge in [-0.3, -0.25) is 9.69 Å². The molecule has 0 saturated carbocycles. The number of likely N-dealkylation sites (tertiary alicyclic amines) is 1. The van der Waals surface area contributed by atoms with Crippen molar-refractivity contribution in [1.29, 1.82) is 5.26 Å². The second-order valence-corrected chi connectivity index (χ2v) is 11.9. The lowest BCUT2D eigenvalue weighted by molar-refractivity contribution is -0.143. The Labute approximate surface area is 275 Å². The molecule has 0 spiro atoms. The Kier molecular flexibility index (Phi) is 10.1. The van der Waals surface area contributed by atoms with E-state index in [9.17, 15) is 28.3 Å². The number of hydrogen-bond acceptors (Lipinski definition) is 11. The molecule has 6 rings (SSSR count). The average molecular weight is 668 g/mol. The standard InChI is InChI=1S/C33H36F3N7O5/c1-20(44)32(45)43-9-7-28(25(34)17-43)47-27-5-2-21(14-22(27)16-37)31-38-8-6-30(40-31)39-23-3-4-26(29(15-23)48-33(35)36)42-12-10-41(11-13-42)24-18-46-19-24/h2-6,8,14-15,20,24-25,28,33,44H,7,9-13,17-19H2,1H3,(H,38,39,40)/t20-,25+,28-/m0/s1. The maximum Gasteiger partial charge on any atom is 0.387 e. The summed E-state index contributed by atoms with van der Waals surface area (Å²) in [5.74, 6) is 0.355. The van der Waals surface area contributed by atoms with Crippen LogP contribution in [-0.4, -0.2) is 114 Å². The van der Waals surface area contributed by atoms with E-state index >= 15 is 0 Å². The summed E-state index contributed by atoms with van der Waals surface area (Å²) in [5.41, 5.74) is 1.71. The summed E-state index contributed by atoms with van der Waals surface area (Å²) >= 11 is 0. The average Bonchev–Trinajstić information content (AvgIpc) is 3.05. The molecule has 15 heteroatoms. The number of nitrogens with zero attached hydrogens (tertiary/aromatic N) is 6. The molecule has 1 aromatic heterocycles. The van der Waals surface area contributed by atoms with Crippen LogP contribution in [0.3, 0.4) is 0 Å². The minimum Gasteiger partial charge on any atom is -0.486 e. The minimum atomic E-state index is -3.00. The van der Waals surface area contributed by atoms with Gasteiger partial charge in [-0.25, -0.2) is 14.4 Å². The van der Waals surface area contributed by atoms with E-state index in [4.69, 9.17) is 14.2 Å². The van der Waals surface area contributed by atoms with Crippen molar-refractivity contribution in [3.05, 3.63) is 54.2 Å². The topological polar surface area (TPSA) is 136 Å². The predicted octanol–water partition coefficient (Wildman–Crippen LogP) is 3.58. The van der Waals surface area contributed by atoms with Crippen molar-refractivity contribution in [3.63, 3.8) is 0 Å². The third kappa shape index (κ3) is 7.56. The molecule has 3 aliphatic heterocycles. The number of benzene rings is 2. The molecule has 3 atom stereocenters. The van der Waals surface area contributed by atoms with Crippen LogP contribution >= 0.6 is 0 Å². The van der Waals surface area contributed by atoms with Crippen molar-refractivity contribution in [3.8, 4) is 29.0 Å². The lowest BCUT2D eigenvalue weighted by Gasteiger charge is -2.43. The van der Waals surface area contributed by atoms with Gasteiger partial charge in [0.05, 0.1) is 37.1 Å². The van der Waals surface area contributed by atoms with Crippen LogP contribution in [0.25, 0.3) is 11.4 Å². The zero-order valence-corrected chi connectivity index (χ0v) is 26.3. The number of rotatable bonds is 10. The van der Waals surface area contributed by atoms with E-state index in [1.165, 1.54) is 30.2 Å². The number of aliphatic hydroxyl groups is 1. The zero-order valence-electron chi connectivity index (χ0n) is 26.3. The Bertz CT molecular complexity index is 1650. The number of carbonyl (C=O) groups excluding carboxylic acids is 1. The first-order valence-electron chi connectivity index (χ1n) is 15.8. The monoisotopic (exact) mass is 667 g/mol. The SMILES string of the molecule is C[C@H](O)C(=O)N1CC[C@H](Oc2ccc(-c3nccc(Nc4ccc(N5CCN(C6COC6)CC5)c(OC(F)F)c4)n3)cc2C#N)[C@H](F)C1. The molecule has 0 aliphatic carbocycles. The number of hydrogen-bond donors (Lipinski definition) is 2. The van der Waals surface area contributed by atoms with Crippen LogP contribution in [0.2, 0.25) is 0 Å². The highest BCUT2D eigenvalue weighted by molar-refractivity contribution is 5.80. The molecule has 12 nitrogen and oxygen atoms in total. The number of piperazine rings is 1. The van der Waals surface area contributed by atoms with Crippen LogP contribution in [0, 0.1) is 11.3 Å². The van der Waals surface area contributed by atoms with Gasteiger partial charge in [0.2, 0.25) is 0 Å². The van der Waals surface area contributed by atoms with Crippen LogP contribution in [0.5, 0.6) is 11.5 Å². The Morgan fingerprint density at radius 1 is 1.10 bits per heavy atom. The first-order valence-corrected chi connectivity index (χ1v) is 15.8. The fraction of sp³-hybridized carbons (Fsp3) is 0.455. The molecule has 3 aliphatic rings. The Morgan fingerprint density at radius 3 is 2.56 bits per heavy atom. The number of ether oxygens (including phenoxy) is 3. The number of piperidine rings is 1. The fourth-order valence-electron chi connectivity index (χ4n) is 6.02. The summed E-state index contributed by atoms with van der Waals surface area (Å²) in [7, 11) is 0. The second kappa shape index (κ2) is 14.6. The lowest BCUT2D eigenvalue weighted by Crippen LogP contribution is -2.56. The van der Waals surface area contributed by atoms with Gasteiger partial charge in [-0.15, -0.1) is 0 Å². The molecule has 2 aromatic carbocycles. The summed E-state index contributed by atoms with van der Waals surface area (Å²) in [4.78, 5) is 26.6. The van der Waals surface area contributed by atoms with Crippen molar-refractivity contribution in [1.82, 2.24) is 19.8 Å². The summed E-state index contributed by atoms with van der Waals surface area (Å²) in [6, 6.07) is 13.9. The Balaban J connectivity index is 1.13. The highest BCUT2D eigenvalue weighted by atomic mass is 19.3. The number of carbonyl (C=O) groups is 1. The number of anilines is 3. The summed E-state index contributed by atoms with van der Waals surface area (Å²) < 4.78 is 57.8. The number of nitrogens with one attached hydrogen (secondary N) is 1. The molecular formula is C33H36F3N7O5. The summed E-state index contributed by atoms with van der Waals surface area (Å²) in [6.45, 7) is 2.73. The highest BCUT2D eigenvalue weighted by Crippen LogP contribution is 2.35. The van der Waals surface area contributed by atoms with Crippen LogP contribution < -0.4 is 19.7 Å². The lowest BCUT2D eigenvalue weighted by atomic mass is 10.0. The van der Waals surface area contributed by atoms with E-state index in [-0.39, 0.29) is 42.4 Å². The molecular weight excluding hydrogens is 631 g/mol. The van der Waals surface area contributed by atoms with Gasteiger partial charge in [0, 0.05) is 62.7 Å². The van der Waals surface area contributed by atoms with E-state index < -0.39 is 30.9 Å². The molecule has 3 saturated heterocycles. The van der Waals surface area contributed by atoms with Gasteiger partial charge in [0.1, 0.15) is 29.8 Å². The van der Waals surface area contributed by atoms with Crippen LogP contribution in [0.15, 0.2) is 48.7 Å². The smallest absolute Gasteiger partial charge is 0.387 e. The Morgan fingerprint density at radius 2 is 1.90 bits per heavy atom. The molecule has 1 amide bonds. The maximum absolute atomic E-state index is 14.9. The van der Waals surface area contributed by atoms with Gasteiger partial charge in [0.15, 0.2) is 17.7 Å². The van der Waals surface area contributed by atoms with Gasteiger partial charge >= 0.3 is 6.61 Å². The van der Waals surface area contributed by atoms with Gasteiger partial charge < -0.3 is 34.4 Å². The third-order valence-corrected chi connectivity index (χ3v) is 8.68. The molecule has 4 heterocycles. The van der Waals surface area contributed by atoms with Gasteiger partial charge in [-0.2, -0.15) is 14.0 Å². The van der Waals surface area contributed by atoms with Gasteiger partial charge in [-0.1, -0.05) is 0 Å². The molecule has 3 fully saturated rings. The van der Waals surface area contributed by atoms with E-state index in [1.54, 1.807) is 30.3 Å².